The Kier molecular flexibility index (Phi) is 1.72. The second-order valence-electron chi connectivity index (χ2n) is 3.32. The zero-order valence-electron chi connectivity index (χ0n) is 7.67. The zero-order valence-corrected chi connectivity index (χ0v) is 7.67. The van der Waals surface area contributed by atoms with Gasteiger partial charge >= 0.3 is 0 Å². The summed E-state index contributed by atoms with van der Waals surface area (Å²) in [5, 5.41) is 0. The first-order chi connectivity index (χ1) is 5.81. The van der Waals surface area contributed by atoms with Crippen molar-refractivity contribution >= 4 is 6.08 Å². The van der Waals surface area contributed by atoms with Crippen molar-refractivity contribution < 1.29 is 4.57 Å². The minimum atomic E-state index is 1.05. The van der Waals surface area contributed by atoms with Crippen LogP contribution >= 0.6 is 0 Å². The predicted octanol–water partition coefficient (Wildman–Crippen LogP) is 1.87. The van der Waals surface area contributed by atoms with Crippen LogP contribution in [0.4, 0.5) is 0 Å². The minimum absolute atomic E-state index is 1.05. The second-order valence-corrected chi connectivity index (χ2v) is 3.32. The Bertz CT molecular complexity index is 337. The number of pyridine rings is 1. The summed E-state index contributed by atoms with van der Waals surface area (Å²) in [5.74, 6) is 0. The van der Waals surface area contributed by atoms with Crippen molar-refractivity contribution in [2.24, 2.45) is 0 Å². The van der Waals surface area contributed by atoms with Gasteiger partial charge in [-0.1, -0.05) is 6.92 Å². The van der Waals surface area contributed by atoms with Crippen LogP contribution in [0.3, 0.4) is 0 Å². The smallest absolute Gasteiger partial charge is 0.192 e. The molecule has 0 N–H and O–H groups in total. The van der Waals surface area contributed by atoms with Gasteiger partial charge in [-0.3, -0.25) is 0 Å². The molecule has 2 heterocycles. The number of aromatic nitrogens is 1. The van der Waals surface area contributed by atoms with E-state index in [1.54, 1.807) is 0 Å². The summed E-state index contributed by atoms with van der Waals surface area (Å²) in [7, 11) is 0. The van der Waals surface area contributed by atoms with Crippen molar-refractivity contribution in [1.29, 1.82) is 0 Å². The van der Waals surface area contributed by atoms with Gasteiger partial charge in [0.2, 0.25) is 5.69 Å². The van der Waals surface area contributed by atoms with Crippen LogP contribution in [0.25, 0.3) is 6.08 Å². The number of nitrogens with zero attached hydrogens (tertiary/aromatic N) is 1. The standard InChI is InChI=1S/C11H14N/c1-3-10-7-9(2)8-11-5-4-6-12(10)11/h4-5,7-8H,3,6H2,1-2H3/q+1. The SMILES string of the molecule is CCc1cc(C)cc2[n+]1CC=C2. The molecule has 1 nitrogen and oxygen atoms in total. The van der Waals surface area contributed by atoms with Gasteiger partial charge in [0.05, 0.1) is 0 Å². The molecule has 12 heavy (non-hydrogen) atoms. The van der Waals surface area contributed by atoms with E-state index in [0.29, 0.717) is 0 Å². The molecule has 0 radical (unpaired) electrons. The minimum Gasteiger partial charge on any atom is -0.192 e. The van der Waals surface area contributed by atoms with Gasteiger partial charge in [-0.2, -0.15) is 4.57 Å². The average Bonchev–Trinajstić information content (AvgIpc) is 2.50. The number of allylic oxidation sites excluding steroid dienone is 1. The van der Waals surface area contributed by atoms with E-state index in [9.17, 15) is 0 Å². The lowest BCUT2D eigenvalue weighted by Gasteiger charge is -2.00. The molecule has 0 saturated carbocycles. The van der Waals surface area contributed by atoms with Gasteiger partial charge in [0.25, 0.3) is 0 Å². The lowest BCUT2D eigenvalue weighted by atomic mass is 10.2. The Morgan fingerprint density at radius 1 is 1.42 bits per heavy atom. The van der Waals surface area contributed by atoms with Crippen molar-refractivity contribution in [2.75, 3.05) is 0 Å². The molecule has 0 spiro atoms. The largest absolute Gasteiger partial charge is 0.205 e. The van der Waals surface area contributed by atoms with Crippen molar-refractivity contribution in [3.63, 3.8) is 0 Å². The molecule has 0 bridgehead atoms. The maximum atomic E-state index is 2.37. The highest BCUT2D eigenvalue weighted by Gasteiger charge is 2.17. The van der Waals surface area contributed by atoms with Gasteiger partial charge in [0, 0.05) is 24.6 Å². The van der Waals surface area contributed by atoms with E-state index in [-0.39, 0.29) is 0 Å². The highest BCUT2D eigenvalue weighted by Crippen LogP contribution is 2.09. The Hall–Kier alpha value is -1.11. The molecule has 1 aromatic rings. The van der Waals surface area contributed by atoms with Crippen LogP contribution in [0.1, 0.15) is 23.9 Å². The summed E-state index contributed by atoms with van der Waals surface area (Å²) in [6.45, 7) is 5.42. The molecule has 2 rings (SSSR count). The van der Waals surface area contributed by atoms with E-state index < -0.39 is 0 Å². The molecule has 0 unspecified atom stereocenters. The van der Waals surface area contributed by atoms with Crippen LogP contribution in [-0.2, 0) is 13.0 Å². The molecule has 0 aromatic carbocycles. The lowest BCUT2D eigenvalue weighted by Crippen LogP contribution is -2.38. The van der Waals surface area contributed by atoms with Crippen molar-refractivity contribution in [2.45, 2.75) is 26.8 Å². The van der Waals surface area contributed by atoms with E-state index in [4.69, 9.17) is 0 Å². The maximum absolute atomic E-state index is 2.37. The summed E-state index contributed by atoms with van der Waals surface area (Å²) in [6, 6.07) is 4.51. The van der Waals surface area contributed by atoms with Crippen LogP contribution in [0.15, 0.2) is 18.2 Å². The monoisotopic (exact) mass is 160 g/mol. The summed E-state index contributed by atoms with van der Waals surface area (Å²) < 4.78 is 2.37. The van der Waals surface area contributed by atoms with E-state index in [0.717, 1.165) is 13.0 Å². The van der Waals surface area contributed by atoms with Gasteiger partial charge < -0.3 is 0 Å². The Morgan fingerprint density at radius 3 is 3.00 bits per heavy atom. The first kappa shape index (κ1) is 7.53. The van der Waals surface area contributed by atoms with Crippen molar-refractivity contribution in [3.8, 4) is 0 Å². The van der Waals surface area contributed by atoms with Crippen LogP contribution in [0.2, 0.25) is 0 Å². The summed E-state index contributed by atoms with van der Waals surface area (Å²) in [6.07, 6.45) is 5.54. The second kappa shape index (κ2) is 2.74. The predicted molar refractivity (Wildman–Crippen MR) is 49.8 cm³/mol. The van der Waals surface area contributed by atoms with Gasteiger partial charge in [-0.15, -0.1) is 0 Å². The molecule has 0 aliphatic carbocycles. The number of fused-ring (bicyclic) bond motifs is 1. The number of aryl methyl sites for hydroxylation is 2. The molecule has 1 heteroatoms. The molecule has 1 aromatic heterocycles. The van der Waals surface area contributed by atoms with Crippen LogP contribution in [-0.4, -0.2) is 0 Å². The normalized spacial score (nSPS) is 13.5. The fourth-order valence-electron chi connectivity index (χ4n) is 1.79. The Morgan fingerprint density at radius 2 is 2.25 bits per heavy atom. The molecular weight excluding hydrogens is 146 g/mol. The maximum Gasteiger partial charge on any atom is 0.205 e. The number of hydrogen-bond acceptors (Lipinski definition) is 0. The zero-order chi connectivity index (χ0) is 8.55. The molecule has 1 aliphatic rings. The third kappa shape index (κ3) is 1.06. The molecule has 0 atom stereocenters. The quantitative estimate of drug-likeness (QED) is 0.552. The summed E-state index contributed by atoms with van der Waals surface area (Å²) in [4.78, 5) is 0. The summed E-state index contributed by atoms with van der Waals surface area (Å²) >= 11 is 0. The van der Waals surface area contributed by atoms with Crippen molar-refractivity contribution in [1.82, 2.24) is 0 Å². The third-order valence-electron chi connectivity index (χ3n) is 2.37. The fourth-order valence-corrected chi connectivity index (χ4v) is 1.79. The Labute approximate surface area is 73.4 Å². The van der Waals surface area contributed by atoms with E-state index in [2.05, 4.69) is 42.7 Å². The highest BCUT2D eigenvalue weighted by molar-refractivity contribution is 5.44. The lowest BCUT2D eigenvalue weighted by molar-refractivity contribution is -0.691. The number of hydrogen-bond donors (Lipinski definition) is 0. The topological polar surface area (TPSA) is 3.88 Å². The Balaban J connectivity index is 2.59. The van der Waals surface area contributed by atoms with Crippen LogP contribution in [0, 0.1) is 6.92 Å². The molecule has 62 valence electrons. The number of rotatable bonds is 1. The molecule has 0 amide bonds. The van der Waals surface area contributed by atoms with Crippen LogP contribution in [0.5, 0.6) is 0 Å². The first-order valence-corrected chi connectivity index (χ1v) is 4.51. The first-order valence-electron chi connectivity index (χ1n) is 4.51. The average molecular weight is 160 g/mol. The van der Waals surface area contributed by atoms with Crippen molar-refractivity contribution in [3.05, 3.63) is 35.2 Å². The highest BCUT2D eigenvalue weighted by atomic mass is 15.0. The molecule has 0 saturated heterocycles. The van der Waals surface area contributed by atoms with E-state index in [1.165, 1.54) is 17.0 Å². The van der Waals surface area contributed by atoms with E-state index >= 15 is 0 Å². The third-order valence-corrected chi connectivity index (χ3v) is 2.37. The van der Waals surface area contributed by atoms with Crippen LogP contribution < -0.4 is 4.57 Å². The molecule has 1 aliphatic heterocycles. The van der Waals surface area contributed by atoms with Gasteiger partial charge in [-0.25, -0.2) is 0 Å². The van der Waals surface area contributed by atoms with Gasteiger partial charge in [0.1, 0.15) is 0 Å². The van der Waals surface area contributed by atoms with Gasteiger partial charge in [0.15, 0.2) is 12.2 Å². The molecule has 0 fully saturated rings. The summed E-state index contributed by atoms with van der Waals surface area (Å²) in [5.41, 5.74) is 4.16. The van der Waals surface area contributed by atoms with E-state index in [1.807, 2.05) is 0 Å². The fraction of sp³-hybridized carbons (Fsp3) is 0.364. The van der Waals surface area contributed by atoms with Gasteiger partial charge in [-0.05, 0) is 18.6 Å². The molecular formula is C11H14N+.